The first-order valence-electron chi connectivity index (χ1n) is 12.1. The first kappa shape index (κ1) is 25.0. The van der Waals surface area contributed by atoms with Crippen molar-refractivity contribution in [1.82, 2.24) is 20.2 Å². The van der Waals surface area contributed by atoms with Crippen LogP contribution in [0.2, 0.25) is 10.0 Å². The molecule has 0 bridgehead atoms. The number of amides is 1. The van der Waals surface area contributed by atoms with Gasteiger partial charge in [0.2, 0.25) is 5.91 Å². The minimum absolute atomic E-state index is 0.0217. The zero-order valence-corrected chi connectivity index (χ0v) is 21.6. The highest BCUT2D eigenvalue weighted by Crippen LogP contribution is 2.34. The second kappa shape index (κ2) is 11.1. The van der Waals surface area contributed by atoms with Crippen LogP contribution in [0.3, 0.4) is 0 Å². The molecule has 9 heteroatoms. The summed E-state index contributed by atoms with van der Waals surface area (Å²) in [7, 11) is 0. The summed E-state index contributed by atoms with van der Waals surface area (Å²) in [5, 5.41) is 7.67. The smallest absolute Gasteiger partial charge is 0.217 e. The fourth-order valence-electron chi connectivity index (χ4n) is 5.15. The first-order valence-corrected chi connectivity index (χ1v) is 12.8. The third-order valence-corrected chi connectivity index (χ3v) is 7.40. The van der Waals surface area contributed by atoms with Gasteiger partial charge in [-0.25, -0.2) is 4.98 Å². The molecule has 2 saturated heterocycles. The Balaban J connectivity index is 1.30. The number of hydrogen-bond acceptors (Lipinski definition) is 6. The molecule has 0 spiro atoms. The summed E-state index contributed by atoms with van der Waals surface area (Å²) < 4.78 is 0. The van der Waals surface area contributed by atoms with E-state index in [4.69, 9.17) is 28.2 Å². The van der Waals surface area contributed by atoms with Crippen molar-refractivity contribution in [3.8, 4) is 0 Å². The molecule has 4 rings (SSSR count). The molecule has 0 saturated carbocycles. The summed E-state index contributed by atoms with van der Waals surface area (Å²) >= 11 is 12.4. The van der Waals surface area contributed by atoms with Gasteiger partial charge >= 0.3 is 0 Å². The van der Waals surface area contributed by atoms with Crippen molar-refractivity contribution in [2.75, 3.05) is 42.9 Å². The van der Waals surface area contributed by atoms with E-state index in [1.54, 1.807) is 19.2 Å². The summed E-state index contributed by atoms with van der Waals surface area (Å²) in [5.41, 5.74) is 0.969. The van der Waals surface area contributed by atoms with Crippen LogP contribution in [0, 0.1) is 11.8 Å². The number of hydrogen-bond donors (Lipinski definition) is 2. The van der Waals surface area contributed by atoms with Gasteiger partial charge in [0.15, 0.2) is 0 Å². The minimum Gasteiger partial charge on any atom is -0.362 e. The lowest BCUT2D eigenvalue weighted by Crippen LogP contribution is -2.54. The number of nitrogens with zero attached hydrogens (tertiary/aromatic N) is 4. The molecule has 1 aromatic heterocycles. The van der Waals surface area contributed by atoms with Crippen LogP contribution in [0.15, 0.2) is 30.6 Å². The number of halogens is 2. The van der Waals surface area contributed by atoms with Gasteiger partial charge in [-0.2, -0.15) is 0 Å². The van der Waals surface area contributed by atoms with Crippen molar-refractivity contribution in [2.45, 2.75) is 45.7 Å². The van der Waals surface area contributed by atoms with Crippen LogP contribution in [0.4, 0.5) is 11.6 Å². The van der Waals surface area contributed by atoms with Crippen LogP contribution in [-0.2, 0) is 4.79 Å². The number of carbonyl (C=O) groups is 1. The van der Waals surface area contributed by atoms with Gasteiger partial charge in [-0.15, -0.1) is 0 Å². The van der Waals surface area contributed by atoms with E-state index in [0.717, 1.165) is 49.9 Å². The zero-order chi connectivity index (χ0) is 24.2. The molecule has 7 nitrogen and oxygen atoms in total. The Labute approximate surface area is 212 Å². The molecular weight excluding hydrogens is 471 g/mol. The van der Waals surface area contributed by atoms with Crippen LogP contribution in [0.1, 0.15) is 45.2 Å². The summed E-state index contributed by atoms with van der Waals surface area (Å²) in [6.45, 7) is 10.9. The standard InChI is InChI=1S/C25H34Cl2N6O/c1-16(29-18(3)34)12-32-8-4-5-19(13-32)20-14-33(15-20)25-11-28-10-24(31-25)30-17(2)22-7-6-21(26)9-23(22)27/h6-7,9-11,16-17,19-20H,4-5,8,12-15H2,1-3H3,(H,29,34)(H,30,31)/t16-,17-,19+/m1/s1. The number of nitrogens with one attached hydrogen (secondary N) is 2. The van der Waals surface area contributed by atoms with Crippen molar-refractivity contribution >= 4 is 40.7 Å². The lowest BCUT2D eigenvalue weighted by molar-refractivity contribution is -0.119. The Bertz CT molecular complexity index is 999. The zero-order valence-electron chi connectivity index (χ0n) is 20.1. The van der Waals surface area contributed by atoms with Crippen molar-refractivity contribution < 1.29 is 4.79 Å². The second-order valence-corrected chi connectivity index (χ2v) is 10.6. The number of anilines is 2. The minimum atomic E-state index is -0.0217. The summed E-state index contributed by atoms with van der Waals surface area (Å²) in [6, 6.07) is 5.70. The molecule has 2 N–H and O–H groups in total. The normalized spacial score (nSPS) is 21.0. The first-order chi connectivity index (χ1) is 16.3. The molecule has 0 radical (unpaired) electrons. The van der Waals surface area contributed by atoms with Crippen molar-refractivity contribution in [3.63, 3.8) is 0 Å². The number of piperidine rings is 1. The van der Waals surface area contributed by atoms with Gasteiger partial charge in [0.1, 0.15) is 11.6 Å². The number of aromatic nitrogens is 2. The molecule has 2 aliphatic heterocycles. The highest BCUT2D eigenvalue weighted by molar-refractivity contribution is 6.35. The maximum atomic E-state index is 11.3. The Morgan fingerprint density at radius 2 is 1.97 bits per heavy atom. The Hall–Kier alpha value is -2.09. The van der Waals surface area contributed by atoms with E-state index < -0.39 is 0 Å². The molecule has 184 valence electrons. The van der Waals surface area contributed by atoms with E-state index in [1.165, 1.54) is 12.8 Å². The van der Waals surface area contributed by atoms with Gasteiger partial charge in [0.25, 0.3) is 0 Å². The third-order valence-electron chi connectivity index (χ3n) is 6.84. The van der Waals surface area contributed by atoms with Crippen LogP contribution >= 0.6 is 23.2 Å². The topological polar surface area (TPSA) is 73.4 Å². The predicted octanol–water partition coefficient (Wildman–Crippen LogP) is 4.63. The van der Waals surface area contributed by atoms with Crippen LogP contribution in [-0.4, -0.2) is 59.5 Å². The van der Waals surface area contributed by atoms with Crippen molar-refractivity contribution in [3.05, 3.63) is 46.2 Å². The van der Waals surface area contributed by atoms with E-state index in [0.29, 0.717) is 21.9 Å². The largest absolute Gasteiger partial charge is 0.362 e. The predicted molar refractivity (Wildman–Crippen MR) is 139 cm³/mol. The van der Waals surface area contributed by atoms with Gasteiger partial charge in [-0.3, -0.25) is 9.78 Å². The Morgan fingerprint density at radius 3 is 2.71 bits per heavy atom. The molecule has 3 atom stereocenters. The van der Waals surface area contributed by atoms with E-state index in [1.807, 2.05) is 25.3 Å². The van der Waals surface area contributed by atoms with E-state index in [2.05, 4.69) is 32.3 Å². The molecule has 3 heterocycles. The van der Waals surface area contributed by atoms with E-state index >= 15 is 0 Å². The summed E-state index contributed by atoms with van der Waals surface area (Å²) in [6.07, 6.45) is 6.08. The molecule has 2 aromatic rings. The fourth-order valence-corrected chi connectivity index (χ4v) is 5.72. The number of benzene rings is 1. The molecule has 34 heavy (non-hydrogen) atoms. The van der Waals surface area contributed by atoms with Crippen molar-refractivity contribution in [1.29, 1.82) is 0 Å². The second-order valence-electron chi connectivity index (χ2n) is 9.72. The SMILES string of the molecule is CC(=O)N[C@H](C)CN1CCC[C@H](C2CN(c3cncc(N[C@H](C)c4ccc(Cl)cc4Cl)n3)C2)C1. The fraction of sp³-hybridized carbons (Fsp3) is 0.560. The van der Waals surface area contributed by atoms with Gasteiger partial charge in [0, 0.05) is 49.2 Å². The molecular formula is C25H34Cl2N6O. The highest BCUT2D eigenvalue weighted by atomic mass is 35.5. The van der Waals surface area contributed by atoms with Gasteiger partial charge < -0.3 is 20.4 Å². The Morgan fingerprint density at radius 1 is 1.18 bits per heavy atom. The molecule has 0 unspecified atom stereocenters. The van der Waals surface area contributed by atoms with Gasteiger partial charge in [-0.1, -0.05) is 29.3 Å². The monoisotopic (exact) mass is 504 g/mol. The molecule has 1 aromatic carbocycles. The number of rotatable bonds is 8. The summed E-state index contributed by atoms with van der Waals surface area (Å²) in [5.74, 6) is 3.04. The molecule has 2 aliphatic rings. The van der Waals surface area contributed by atoms with Gasteiger partial charge in [-0.05, 0) is 62.8 Å². The maximum absolute atomic E-state index is 11.3. The van der Waals surface area contributed by atoms with Crippen LogP contribution < -0.4 is 15.5 Å². The highest BCUT2D eigenvalue weighted by Gasteiger charge is 2.36. The average Bonchev–Trinajstić information content (AvgIpc) is 2.72. The van der Waals surface area contributed by atoms with Gasteiger partial charge in [0.05, 0.1) is 18.4 Å². The van der Waals surface area contributed by atoms with Crippen LogP contribution in [0.25, 0.3) is 0 Å². The summed E-state index contributed by atoms with van der Waals surface area (Å²) in [4.78, 5) is 25.3. The molecule has 2 fully saturated rings. The number of carbonyl (C=O) groups excluding carboxylic acids is 1. The number of likely N-dealkylation sites (tertiary alicyclic amines) is 1. The Kier molecular flexibility index (Phi) is 8.17. The maximum Gasteiger partial charge on any atom is 0.217 e. The quantitative estimate of drug-likeness (QED) is 0.545. The average molecular weight is 505 g/mol. The molecule has 1 amide bonds. The van der Waals surface area contributed by atoms with E-state index in [-0.39, 0.29) is 18.0 Å². The lowest BCUT2D eigenvalue weighted by atomic mass is 9.80. The lowest BCUT2D eigenvalue weighted by Gasteiger charge is -2.47. The van der Waals surface area contributed by atoms with Crippen LogP contribution in [0.5, 0.6) is 0 Å². The van der Waals surface area contributed by atoms with E-state index in [9.17, 15) is 4.79 Å². The molecule has 0 aliphatic carbocycles. The third kappa shape index (κ3) is 6.32. The van der Waals surface area contributed by atoms with Crippen molar-refractivity contribution in [2.24, 2.45) is 11.8 Å².